The molecule has 1 saturated carbocycles. The van der Waals surface area contributed by atoms with Crippen LogP contribution in [0, 0.1) is 5.92 Å². The lowest BCUT2D eigenvalue weighted by Gasteiger charge is -2.29. The molecule has 0 aliphatic heterocycles. The van der Waals surface area contributed by atoms with Gasteiger partial charge in [-0.1, -0.05) is 23.7 Å². The van der Waals surface area contributed by atoms with Gasteiger partial charge in [0, 0.05) is 24.2 Å². The van der Waals surface area contributed by atoms with Crippen LogP contribution in [0.15, 0.2) is 24.3 Å². The first-order chi connectivity index (χ1) is 8.63. The highest BCUT2D eigenvalue weighted by molar-refractivity contribution is 6.30. The van der Waals surface area contributed by atoms with E-state index in [4.69, 9.17) is 17.3 Å². The number of nitrogens with zero attached hydrogens (tertiary/aromatic N) is 1. The summed E-state index contributed by atoms with van der Waals surface area (Å²) in [6, 6.07) is 8.59. The monoisotopic (exact) mass is 266 g/mol. The molecule has 0 aromatic heterocycles. The van der Waals surface area contributed by atoms with E-state index in [2.05, 4.69) is 24.1 Å². The maximum atomic E-state index is 5.94. The Labute approximate surface area is 115 Å². The molecular weight excluding hydrogens is 244 g/mol. The summed E-state index contributed by atoms with van der Waals surface area (Å²) in [4.78, 5) is 2.41. The topological polar surface area (TPSA) is 29.3 Å². The van der Waals surface area contributed by atoms with Crippen LogP contribution in [0.4, 0.5) is 0 Å². The fourth-order valence-corrected chi connectivity index (χ4v) is 2.90. The van der Waals surface area contributed by atoms with Crippen molar-refractivity contribution in [3.8, 4) is 0 Å². The summed E-state index contributed by atoms with van der Waals surface area (Å²) in [5.41, 5.74) is 7.27. The van der Waals surface area contributed by atoms with Crippen molar-refractivity contribution < 1.29 is 0 Å². The predicted octanol–water partition coefficient (Wildman–Crippen LogP) is 3.29. The van der Waals surface area contributed by atoms with Crippen LogP contribution in [0.2, 0.25) is 5.02 Å². The zero-order chi connectivity index (χ0) is 13.0. The van der Waals surface area contributed by atoms with E-state index < -0.39 is 0 Å². The quantitative estimate of drug-likeness (QED) is 0.906. The normalized spacial score (nSPS) is 24.4. The number of halogens is 1. The fourth-order valence-electron chi connectivity index (χ4n) is 2.78. The SMILES string of the molecule is CN(Cc1ccc(Cl)cc1)CC1CCC(N)CC1. The maximum absolute atomic E-state index is 5.94. The molecule has 1 fully saturated rings. The first-order valence-electron chi connectivity index (χ1n) is 6.82. The van der Waals surface area contributed by atoms with Gasteiger partial charge in [0.2, 0.25) is 0 Å². The highest BCUT2D eigenvalue weighted by Gasteiger charge is 2.19. The van der Waals surface area contributed by atoms with Gasteiger partial charge in [-0.15, -0.1) is 0 Å². The van der Waals surface area contributed by atoms with Crippen LogP contribution in [0.3, 0.4) is 0 Å². The number of benzene rings is 1. The zero-order valence-electron chi connectivity index (χ0n) is 11.1. The molecule has 0 heterocycles. The lowest BCUT2D eigenvalue weighted by Crippen LogP contribution is -2.32. The van der Waals surface area contributed by atoms with Crippen molar-refractivity contribution in [3.63, 3.8) is 0 Å². The minimum Gasteiger partial charge on any atom is -0.328 e. The second-order valence-electron chi connectivity index (χ2n) is 5.60. The molecule has 0 spiro atoms. The van der Waals surface area contributed by atoms with E-state index in [1.54, 1.807) is 0 Å². The molecular formula is C15H23ClN2. The maximum Gasteiger partial charge on any atom is 0.0406 e. The Morgan fingerprint density at radius 2 is 1.78 bits per heavy atom. The van der Waals surface area contributed by atoms with E-state index in [1.165, 1.54) is 37.8 Å². The van der Waals surface area contributed by atoms with Crippen molar-refractivity contribution in [1.82, 2.24) is 4.90 Å². The summed E-state index contributed by atoms with van der Waals surface area (Å²) in [6.07, 6.45) is 4.96. The van der Waals surface area contributed by atoms with Gasteiger partial charge in [-0.05, 0) is 56.3 Å². The van der Waals surface area contributed by atoms with Crippen LogP contribution in [-0.2, 0) is 6.54 Å². The first kappa shape index (κ1) is 13.9. The fraction of sp³-hybridized carbons (Fsp3) is 0.600. The van der Waals surface area contributed by atoms with Crippen LogP contribution in [0.1, 0.15) is 31.2 Å². The van der Waals surface area contributed by atoms with Crippen LogP contribution in [-0.4, -0.2) is 24.5 Å². The Bertz CT molecular complexity index is 355. The third kappa shape index (κ3) is 4.27. The zero-order valence-corrected chi connectivity index (χ0v) is 11.9. The molecule has 0 radical (unpaired) electrons. The molecule has 18 heavy (non-hydrogen) atoms. The Hall–Kier alpha value is -0.570. The number of hydrogen-bond donors (Lipinski definition) is 1. The first-order valence-corrected chi connectivity index (χ1v) is 7.20. The van der Waals surface area contributed by atoms with E-state index in [9.17, 15) is 0 Å². The second-order valence-corrected chi connectivity index (χ2v) is 6.04. The van der Waals surface area contributed by atoms with Gasteiger partial charge < -0.3 is 10.6 Å². The molecule has 2 rings (SSSR count). The summed E-state index contributed by atoms with van der Waals surface area (Å²) in [5, 5.41) is 0.808. The molecule has 0 atom stereocenters. The van der Waals surface area contributed by atoms with E-state index in [1.807, 2.05) is 12.1 Å². The lowest BCUT2D eigenvalue weighted by molar-refractivity contribution is 0.219. The number of hydrogen-bond acceptors (Lipinski definition) is 2. The minimum absolute atomic E-state index is 0.447. The van der Waals surface area contributed by atoms with Crippen molar-refractivity contribution in [2.45, 2.75) is 38.3 Å². The van der Waals surface area contributed by atoms with Gasteiger partial charge in [-0.3, -0.25) is 0 Å². The Morgan fingerprint density at radius 3 is 2.39 bits per heavy atom. The Kier molecular flexibility index (Phi) is 5.04. The molecule has 0 saturated heterocycles. The molecule has 1 aliphatic rings. The van der Waals surface area contributed by atoms with Gasteiger partial charge in [0.15, 0.2) is 0 Å². The molecule has 1 aromatic rings. The summed E-state index contributed by atoms with van der Waals surface area (Å²) in [6.45, 7) is 2.18. The molecule has 100 valence electrons. The van der Waals surface area contributed by atoms with Crippen molar-refractivity contribution >= 4 is 11.6 Å². The van der Waals surface area contributed by atoms with Crippen molar-refractivity contribution in [3.05, 3.63) is 34.9 Å². The molecule has 2 nitrogen and oxygen atoms in total. The minimum atomic E-state index is 0.447. The summed E-state index contributed by atoms with van der Waals surface area (Å²) < 4.78 is 0. The van der Waals surface area contributed by atoms with Gasteiger partial charge in [0.25, 0.3) is 0 Å². The molecule has 3 heteroatoms. The molecule has 0 unspecified atom stereocenters. The second kappa shape index (κ2) is 6.55. The number of nitrogens with two attached hydrogens (primary N) is 1. The van der Waals surface area contributed by atoms with E-state index in [-0.39, 0.29) is 0 Å². The average Bonchev–Trinajstić information content (AvgIpc) is 2.35. The highest BCUT2D eigenvalue weighted by Crippen LogP contribution is 2.24. The summed E-state index contributed by atoms with van der Waals surface area (Å²) in [7, 11) is 2.20. The summed E-state index contributed by atoms with van der Waals surface area (Å²) in [5.74, 6) is 0.821. The van der Waals surface area contributed by atoms with Crippen molar-refractivity contribution in [2.24, 2.45) is 11.7 Å². The Morgan fingerprint density at radius 1 is 1.17 bits per heavy atom. The van der Waals surface area contributed by atoms with Crippen LogP contribution in [0.25, 0.3) is 0 Å². The standard InChI is InChI=1S/C15H23ClN2/c1-18(10-12-2-6-14(16)7-3-12)11-13-4-8-15(17)9-5-13/h2-3,6-7,13,15H,4-5,8-11,17H2,1H3. The molecule has 1 aromatic carbocycles. The number of rotatable bonds is 4. The van der Waals surface area contributed by atoms with E-state index >= 15 is 0 Å². The molecule has 2 N–H and O–H groups in total. The van der Waals surface area contributed by atoms with Gasteiger partial charge in [0.1, 0.15) is 0 Å². The van der Waals surface area contributed by atoms with Gasteiger partial charge in [-0.2, -0.15) is 0 Å². The van der Waals surface area contributed by atoms with Gasteiger partial charge >= 0.3 is 0 Å². The Balaban J connectivity index is 1.78. The largest absolute Gasteiger partial charge is 0.328 e. The van der Waals surface area contributed by atoms with Crippen LogP contribution in [0.5, 0.6) is 0 Å². The van der Waals surface area contributed by atoms with Gasteiger partial charge in [-0.25, -0.2) is 0 Å². The predicted molar refractivity (Wildman–Crippen MR) is 77.7 cm³/mol. The van der Waals surface area contributed by atoms with E-state index in [0.29, 0.717) is 6.04 Å². The van der Waals surface area contributed by atoms with E-state index in [0.717, 1.165) is 17.5 Å². The van der Waals surface area contributed by atoms with Gasteiger partial charge in [0.05, 0.1) is 0 Å². The summed E-state index contributed by atoms with van der Waals surface area (Å²) >= 11 is 5.89. The molecule has 1 aliphatic carbocycles. The van der Waals surface area contributed by atoms with Crippen molar-refractivity contribution in [2.75, 3.05) is 13.6 Å². The average molecular weight is 267 g/mol. The third-order valence-corrected chi connectivity index (χ3v) is 4.08. The smallest absolute Gasteiger partial charge is 0.0406 e. The third-order valence-electron chi connectivity index (χ3n) is 3.83. The van der Waals surface area contributed by atoms with Crippen LogP contribution >= 0.6 is 11.6 Å². The van der Waals surface area contributed by atoms with Crippen LogP contribution < -0.4 is 5.73 Å². The molecule has 0 amide bonds. The lowest BCUT2D eigenvalue weighted by atomic mass is 9.86. The highest BCUT2D eigenvalue weighted by atomic mass is 35.5. The molecule has 0 bridgehead atoms. The van der Waals surface area contributed by atoms with Crippen molar-refractivity contribution in [1.29, 1.82) is 0 Å².